The van der Waals surface area contributed by atoms with Gasteiger partial charge in [-0.2, -0.15) is 5.26 Å². The number of nitriles is 1. The lowest BCUT2D eigenvalue weighted by Gasteiger charge is -2.09. The number of pyridine rings is 1. The molecule has 0 amide bonds. The zero-order chi connectivity index (χ0) is 14.7. The van der Waals surface area contributed by atoms with Gasteiger partial charge in [0.25, 0.3) is 0 Å². The lowest BCUT2D eigenvalue weighted by Crippen LogP contribution is -2.04. The first-order valence-corrected chi connectivity index (χ1v) is 5.38. The number of hydrogen-bond acceptors (Lipinski definition) is 5. The molecule has 7 heteroatoms. The SMILES string of the molecule is N#Cc1c(F)cccc1Oc1ncc(N)cc1C(=O)O. The number of aromatic carboxylic acids is 1. The Kier molecular flexibility index (Phi) is 3.48. The first-order valence-electron chi connectivity index (χ1n) is 5.38. The number of nitrogens with zero attached hydrogens (tertiary/aromatic N) is 2. The molecule has 20 heavy (non-hydrogen) atoms. The molecular formula is C13H8FN3O3. The molecule has 0 saturated heterocycles. The number of carbonyl (C=O) groups is 1. The van der Waals surface area contributed by atoms with Crippen LogP contribution in [-0.4, -0.2) is 16.1 Å². The molecule has 2 aromatic rings. The van der Waals surface area contributed by atoms with Crippen LogP contribution in [0, 0.1) is 17.1 Å². The van der Waals surface area contributed by atoms with E-state index in [2.05, 4.69) is 4.98 Å². The van der Waals surface area contributed by atoms with Gasteiger partial charge >= 0.3 is 5.97 Å². The second-order valence-electron chi connectivity index (χ2n) is 3.75. The summed E-state index contributed by atoms with van der Waals surface area (Å²) in [6.45, 7) is 0. The molecule has 2 rings (SSSR count). The second kappa shape index (κ2) is 5.24. The third kappa shape index (κ3) is 2.49. The van der Waals surface area contributed by atoms with E-state index in [0.29, 0.717) is 0 Å². The van der Waals surface area contributed by atoms with Crippen LogP contribution in [0.5, 0.6) is 11.6 Å². The van der Waals surface area contributed by atoms with E-state index in [9.17, 15) is 9.18 Å². The van der Waals surface area contributed by atoms with Crippen LogP contribution in [0.1, 0.15) is 15.9 Å². The van der Waals surface area contributed by atoms with Crippen molar-refractivity contribution in [2.45, 2.75) is 0 Å². The molecule has 0 aliphatic heterocycles. The summed E-state index contributed by atoms with van der Waals surface area (Å²) in [4.78, 5) is 14.8. The number of carboxylic acid groups (broad SMARTS) is 1. The molecule has 0 aliphatic rings. The van der Waals surface area contributed by atoms with Gasteiger partial charge in [0.05, 0.1) is 11.9 Å². The summed E-state index contributed by atoms with van der Waals surface area (Å²) in [5.41, 5.74) is 4.98. The van der Waals surface area contributed by atoms with Crippen LogP contribution in [0.25, 0.3) is 0 Å². The van der Waals surface area contributed by atoms with Crippen molar-refractivity contribution in [3.8, 4) is 17.7 Å². The zero-order valence-corrected chi connectivity index (χ0v) is 10.0. The monoisotopic (exact) mass is 273 g/mol. The minimum absolute atomic E-state index is 0.118. The van der Waals surface area contributed by atoms with E-state index in [4.69, 9.17) is 20.8 Å². The zero-order valence-electron chi connectivity index (χ0n) is 10.0. The third-order valence-corrected chi connectivity index (χ3v) is 2.40. The first-order chi connectivity index (χ1) is 9.52. The molecule has 0 spiro atoms. The van der Waals surface area contributed by atoms with Crippen LogP contribution in [0.3, 0.4) is 0 Å². The highest BCUT2D eigenvalue weighted by Gasteiger charge is 2.17. The number of halogens is 1. The molecule has 0 atom stereocenters. The molecule has 100 valence electrons. The maximum absolute atomic E-state index is 13.4. The summed E-state index contributed by atoms with van der Waals surface area (Å²) in [5.74, 6) is -2.45. The van der Waals surface area contributed by atoms with Crippen molar-refractivity contribution < 1.29 is 19.0 Å². The average molecular weight is 273 g/mol. The van der Waals surface area contributed by atoms with Crippen molar-refractivity contribution in [2.75, 3.05) is 5.73 Å². The van der Waals surface area contributed by atoms with Crippen molar-refractivity contribution in [3.63, 3.8) is 0 Å². The minimum atomic E-state index is -1.30. The van der Waals surface area contributed by atoms with Crippen molar-refractivity contribution >= 4 is 11.7 Å². The Labute approximate surface area is 112 Å². The lowest BCUT2D eigenvalue weighted by atomic mass is 10.2. The number of anilines is 1. The summed E-state index contributed by atoms with van der Waals surface area (Å²) in [6, 6.07) is 6.58. The van der Waals surface area contributed by atoms with Gasteiger partial charge in [-0.15, -0.1) is 0 Å². The van der Waals surface area contributed by atoms with Gasteiger partial charge in [-0.1, -0.05) is 6.07 Å². The molecule has 1 heterocycles. The number of benzene rings is 1. The van der Waals surface area contributed by atoms with E-state index in [1.165, 1.54) is 18.3 Å². The largest absolute Gasteiger partial charge is 0.477 e. The highest BCUT2D eigenvalue weighted by Crippen LogP contribution is 2.28. The Balaban J connectivity index is 2.49. The summed E-state index contributed by atoms with van der Waals surface area (Å²) < 4.78 is 18.6. The van der Waals surface area contributed by atoms with Crippen molar-refractivity contribution in [2.24, 2.45) is 0 Å². The molecule has 3 N–H and O–H groups in total. The quantitative estimate of drug-likeness (QED) is 0.886. The molecule has 1 aromatic carbocycles. The van der Waals surface area contributed by atoms with E-state index < -0.39 is 11.8 Å². The van der Waals surface area contributed by atoms with E-state index in [0.717, 1.165) is 12.1 Å². The Morgan fingerprint density at radius 3 is 2.90 bits per heavy atom. The third-order valence-electron chi connectivity index (χ3n) is 2.40. The highest BCUT2D eigenvalue weighted by atomic mass is 19.1. The van der Waals surface area contributed by atoms with Gasteiger partial charge < -0.3 is 15.6 Å². The van der Waals surface area contributed by atoms with Gasteiger partial charge in [0.2, 0.25) is 5.88 Å². The molecule has 0 unspecified atom stereocenters. The van der Waals surface area contributed by atoms with E-state index in [1.54, 1.807) is 6.07 Å². The standard InChI is InChI=1S/C13H8FN3O3/c14-10-2-1-3-11(9(10)5-15)20-12-8(13(18)19)4-7(16)6-17-12/h1-4,6H,16H2,(H,18,19). The molecule has 0 radical (unpaired) electrons. The molecule has 0 aliphatic carbocycles. The molecule has 0 saturated carbocycles. The molecule has 0 bridgehead atoms. The maximum Gasteiger partial charge on any atom is 0.341 e. The van der Waals surface area contributed by atoms with Gasteiger partial charge in [0.15, 0.2) is 0 Å². The minimum Gasteiger partial charge on any atom is -0.477 e. The second-order valence-corrected chi connectivity index (χ2v) is 3.75. The highest BCUT2D eigenvalue weighted by molar-refractivity contribution is 5.91. The molecule has 6 nitrogen and oxygen atoms in total. The Hall–Kier alpha value is -3.14. The van der Waals surface area contributed by atoms with Gasteiger partial charge in [0, 0.05) is 0 Å². The van der Waals surface area contributed by atoms with Crippen LogP contribution >= 0.6 is 0 Å². The predicted octanol–water partition coefficient (Wildman–Crippen LogP) is 2.17. The summed E-state index contributed by atoms with van der Waals surface area (Å²) in [7, 11) is 0. The van der Waals surface area contributed by atoms with E-state index in [1.807, 2.05) is 0 Å². The number of rotatable bonds is 3. The Morgan fingerprint density at radius 2 is 2.25 bits per heavy atom. The number of ether oxygens (including phenoxy) is 1. The molecular weight excluding hydrogens is 265 g/mol. The average Bonchev–Trinajstić information content (AvgIpc) is 2.41. The smallest absolute Gasteiger partial charge is 0.341 e. The van der Waals surface area contributed by atoms with Gasteiger partial charge in [-0.05, 0) is 18.2 Å². The summed E-state index contributed by atoms with van der Waals surface area (Å²) in [6.07, 6.45) is 1.20. The lowest BCUT2D eigenvalue weighted by molar-refractivity contribution is 0.0693. The van der Waals surface area contributed by atoms with Gasteiger partial charge in [0.1, 0.15) is 28.8 Å². The van der Waals surface area contributed by atoms with Crippen molar-refractivity contribution in [3.05, 3.63) is 47.4 Å². The summed E-state index contributed by atoms with van der Waals surface area (Å²) in [5, 5.41) is 17.9. The van der Waals surface area contributed by atoms with Crippen molar-refractivity contribution in [1.82, 2.24) is 4.98 Å². The Bertz CT molecular complexity index is 725. The number of nitrogens with two attached hydrogens (primary N) is 1. The van der Waals surface area contributed by atoms with E-state index >= 15 is 0 Å². The van der Waals surface area contributed by atoms with Crippen molar-refractivity contribution in [1.29, 1.82) is 5.26 Å². The normalized spacial score (nSPS) is 9.80. The van der Waals surface area contributed by atoms with Gasteiger partial charge in [-0.25, -0.2) is 14.2 Å². The number of hydrogen-bond donors (Lipinski definition) is 2. The fourth-order valence-corrected chi connectivity index (χ4v) is 1.50. The molecule has 1 aromatic heterocycles. The fraction of sp³-hybridized carbons (Fsp3) is 0. The van der Waals surface area contributed by atoms with Crippen LogP contribution < -0.4 is 10.5 Å². The van der Waals surface area contributed by atoms with E-state index in [-0.39, 0.29) is 28.4 Å². The van der Waals surface area contributed by atoms with Crippen LogP contribution in [0.15, 0.2) is 30.5 Å². The number of aromatic nitrogens is 1. The Morgan fingerprint density at radius 1 is 1.50 bits per heavy atom. The number of nitrogen functional groups attached to an aromatic ring is 1. The van der Waals surface area contributed by atoms with Crippen LogP contribution in [-0.2, 0) is 0 Å². The maximum atomic E-state index is 13.4. The summed E-state index contributed by atoms with van der Waals surface area (Å²) >= 11 is 0. The topological polar surface area (TPSA) is 109 Å². The first kappa shape index (κ1) is 13.3. The number of carboxylic acids is 1. The fourth-order valence-electron chi connectivity index (χ4n) is 1.50. The van der Waals surface area contributed by atoms with Crippen LogP contribution in [0.4, 0.5) is 10.1 Å². The molecule has 0 fully saturated rings. The van der Waals surface area contributed by atoms with Gasteiger partial charge in [-0.3, -0.25) is 0 Å². The predicted molar refractivity (Wildman–Crippen MR) is 66.8 cm³/mol. The van der Waals surface area contributed by atoms with Crippen LogP contribution in [0.2, 0.25) is 0 Å².